The van der Waals surface area contributed by atoms with E-state index in [0.29, 0.717) is 0 Å². The van der Waals surface area contributed by atoms with Gasteiger partial charge in [0.05, 0.1) is 5.69 Å². The molecule has 2 aromatic rings. The number of H-pyrrole nitrogens is 1. The molecule has 2 rings (SSSR count). The van der Waals surface area contributed by atoms with Crippen LogP contribution in [0.2, 0.25) is 0 Å². The third-order valence-electron chi connectivity index (χ3n) is 1.94. The molecule has 2 N–H and O–H groups in total. The molecule has 1 aromatic carbocycles. The van der Waals surface area contributed by atoms with E-state index in [9.17, 15) is 0 Å². The Morgan fingerprint density at radius 2 is 1.92 bits per heavy atom. The highest BCUT2D eigenvalue weighted by molar-refractivity contribution is 5.41. The first-order chi connectivity index (χ1) is 6.45. The van der Waals surface area contributed by atoms with Gasteiger partial charge in [-0.1, -0.05) is 30.3 Å². The molecule has 0 radical (unpaired) electrons. The lowest BCUT2D eigenvalue weighted by Gasteiger charge is -2.02. The highest BCUT2D eigenvalue weighted by Gasteiger charge is 1.91. The maximum atomic E-state index is 3.31. The summed E-state index contributed by atoms with van der Waals surface area (Å²) >= 11 is 0. The van der Waals surface area contributed by atoms with Crippen LogP contribution in [0.25, 0.3) is 0 Å². The van der Waals surface area contributed by atoms with Crippen molar-refractivity contribution < 1.29 is 0 Å². The van der Waals surface area contributed by atoms with E-state index in [1.54, 1.807) is 0 Å². The van der Waals surface area contributed by atoms with Crippen molar-refractivity contribution in [2.45, 2.75) is 6.54 Å². The smallest absolute Gasteiger partial charge is 0.0520 e. The molecule has 0 aliphatic carbocycles. The summed E-state index contributed by atoms with van der Waals surface area (Å²) in [5.41, 5.74) is 2.42. The summed E-state index contributed by atoms with van der Waals surface area (Å²) in [6.45, 7) is 0.874. The first kappa shape index (κ1) is 7.92. The Bertz CT molecular complexity index is 338. The van der Waals surface area contributed by atoms with Crippen molar-refractivity contribution in [3.8, 4) is 0 Å². The number of benzene rings is 1. The van der Waals surface area contributed by atoms with Crippen LogP contribution in [-0.4, -0.2) is 4.98 Å². The minimum atomic E-state index is 0.874. The molecule has 0 aliphatic rings. The Kier molecular flexibility index (Phi) is 2.32. The predicted octanol–water partition coefficient (Wildman–Crippen LogP) is 2.63. The van der Waals surface area contributed by atoms with Gasteiger partial charge in [-0.25, -0.2) is 0 Å². The fraction of sp³-hybridized carbons (Fsp3) is 0.0909. The Balaban J connectivity index is 1.94. The van der Waals surface area contributed by atoms with E-state index in [1.165, 1.54) is 5.56 Å². The second-order valence-corrected chi connectivity index (χ2v) is 2.94. The highest BCUT2D eigenvalue weighted by Crippen LogP contribution is 2.06. The third kappa shape index (κ3) is 2.12. The van der Waals surface area contributed by atoms with Crippen molar-refractivity contribution in [2.75, 3.05) is 5.32 Å². The van der Waals surface area contributed by atoms with Crippen molar-refractivity contribution in [1.29, 1.82) is 0 Å². The Morgan fingerprint density at radius 3 is 2.62 bits per heavy atom. The van der Waals surface area contributed by atoms with E-state index in [2.05, 4.69) is 22.4 Å². The molecule has 0 saturated carbocycles. The maximum Gasteiger partial charge on any atom is 0.0520 e. The third-order valence-corrected chi connectivity index (χ3v) is 1.94. The zero-order chi connectivity index (χ0) is 8.93. The van der Waals surface area contributed by atoms with Crippen LogP contribution in [0.3, 0.4) is 0 Å². The van der Waals surface area contributed by atoms with Crippen LogP contribution in [-0.2, 0) is 6.54 Å². The zero-order valence-electron chi connectivity index (χ0n) is 7.33. The van der Waals surface area contributed by atoms with Gasteiger partial charge in [0.2, 0.25) is 0 Å². The summed E-state index contributed by atoms with van der Waals surface area (Å²) in [5, 5.41) is 3.31. The summed E-state index contributed by atoms with van der Waals surface area (Å²) in [5.74, 6) is 0. The number of hydrogen-bond acceptors (Lipinski definition) is 1. The van der Waals surface area contributed by atoms with Gasteiger partial charge in [0.1, 0.15) is 0 Å². The molecular formula is C11H12N2. The van der Waals surface area contributed by atoms with Gasteiger partial charge in [0.25, 0.3) is 0 Å². The number of rotatable bonds is 3. The van der Waals surface area contributed by atoms with Gasteiger partial charge in [-0.3, -0.25) is 0 Å². The van der Waals surface area contributed by atoms with Gasteiger partial charge in [-0.15, -0.1) is 0 Å². The lowest BCUT2D eigenvalue weighted by Crippen LogP contribution is -1.97. The second-order valence-electron chi connectivity index (χ2n) is 2.94. The maximum absolute atomic E-state index is 3.31. The Labute approximate surface area is 77.6 Å². The molecule has 0 bridgehead atoms. The van der Waals surface area contributed by atoms with Gasteiger partial charge < -0.3 is 10.3 Å². The molecule has 0 unspecified atom stereocenters. The molecule has 1 aromatic heterocycles. The minimum absolute atomic E-state index is 0.874. The van der Waals surface area contributed by atoms with Crippen molar-refractivity contribution in [3.63, 3.8) is 0 Å². The molecule has 0 spiro atoms. The molecule has 66 valence electrons. The SMILES string of the molecule is c1ccc(CNc2cc[nH]c2)cc1. The van der Waals surface area contributed by atoms with Crippen molar-refractivity contribution in [1.82, 2.24) is 4.98 Å². The molecule has 0 atom stereocenters. The number of hydrogen-bond donors (Lipinski definition) is 2. The summed E-state index contributed by atoms with van der Waals surface area (Å²) < 4.78 is 0. The van der Waals surface area contributed by atoms with Crippen molar-refractivity contribution >= 4 is 5.69 Å². The highest BCUT2D eigenvalue weighted by atomic mass is 14.9. The van der Waals surface area contributed by atoms with Crippen molar-refractivity contribution in [2.24, 2.45) is 0 Å². The quantitative estimate of drug-likeness (QED) is 0.731. The summed E-state index contributed by atoms with van der Waals surface area (Å²) in [6, 6.07) is 12.4. The normalized spacial score (nSPS) is 9.85. The Morgan fingerprint density at radius 1 is 1.08 bits per heavy atom. The van der Waals surface area contributed by atoms with E-state index in [-0.39, 0.29) is 0 Å². The predicted molar refractivity (Wildman–Crippen MR) is 54.6 cm³/mol. The van der Waals surface area contributed by atoms with E-state index in [4.69, 9.17) is 0 Å². The first-order valence-corrected chi connectivity index (χ1v) is 4.36. The topological polar surface area (TPSA) is 27.8 Å². The van der Waals surface area contributed by atoms with Crippen LogP contribution in [0.4, 0.5) is 5.69 Å². The number of aromatic nitrogens is 1. The van der Waals surface area contributed by atoms with Gasteiger partial charge in [-0.2, -0.15) is 0 Å². The molecule has 13 heavy (non-hydrogen) atoms. The fourth-order valence-electron chi connectivity index (χ4n) is 1.23. The second kappa shape index (κ2) is 3.81. The lowest BCUT2D eigenvalue weighted by atomic mass is 10.2. The van der Waals surface area contributed by atoms with E-state index >= 15 is 0 Å². The molecule has 2 heteroatoms. The molecule has 2 nitrogen and oxygen atoms in total. The standard InChI is InChI=1S/C11H12N2/c1-2-4-10(5-3-1)8-13-11-6-7-12-9-11/h1-7,9,12-13H,8H2. The lowest BCUT2D eigenvalue weighted by molar-refractivity contribution is 1.15. The average molecular weight is 172 g/mol. The van der Waals surface area contributed by atoms with Crippen LogP contribution >= 0.6 is 0 Å². The monoisotopic (exact) mass is 172 g/mol. The minimum Gasteiger partial charge on any atom is -0.380 e. The number of nitrogens with one attached hydrogen (secondary N) is 2. The van der Waals surface area contributed by atoms with Gasteiger partial charge >= 0.3 is 0 Å². The Hall–Kier alpha value is -1.70. The largest absolute Gasteiger partial charge is 0.380 e. The van der Waals surface area contributed by atoms with E-state index in [1.807, 2.05) is 36.7 Å². The van der Waals surface area contributed by atoms with Crippen molar-refractivity contribution in [3.05, 3.63) is 54.4 Å². The van der Waals surface area contributed by atoms with E-state index < -0.39 is 0 Å². The van der Waals surface area contributed by atoms with Crippen LogP contribution in [0.5, 0.6) is 0 Å². The van der Waals surface area contributed by atoms with Gasteiger partial charge in [-0.05, 0) is 11.6 Å². The van der Waals surface area contributed by atoms with Crippen LogP contribution in [0.15, 0.2) is 48.8 Å². The summed E-state index contributed by atoms with van der Waals surface area (Å²) in [4.78, 5) is 3.00. The van der Waals surface area contributed by atoms with Crippen LogP contribution in [0.1, 0.15) is 5.56 Å². The molecule has 0 fully saturated rings. The molecule has 0 aliphatic heterocycles. The summed E-state index contributed by atoms with van der Waals surface area (Å²) in [7, 11) is 0. The number of anilines is 1. The molecule has 1 heterocycles. The van der Waals surface area contributed by atoms with Crippen LogP contribution < -0.4 is 5.32 Å². The van der Waals surface area contributed by atoms with Gasteiger partial charge in [0, 0.05) is 18.9 Å². The fourth-order valence-corrected chi connectivity index (χ4v) is 1.23. The van der Waals surface area contributed by atoms with Gasteiger partial charge in [0.15, 0.2) is 0 Å². The molecular weight excluding hydrogens is 160 g/mol. The zero-order valence-corrected chi connectivity index (χ0v) is 7.33. The summed E-state index contributed by atoms with van der Waals surface area (Å²) in [6.07, 6.45) is 3.86. The average Bonchev–Trinajstić information content (AvgIpc) is 2.69. The van der Waals surface area contributed by atoms with E-state index in [0.717, 1.165) is 12.2 Å². The first-order valence-electron chi connectivity index (χ1n) is 4.36. The molecule has 0 amide bonds. The number of aromatic amines is 1. The van der Waals surface area contributed by atoms with Crippen LogP contribution in [0, 0.1) is 0 Å². The molecule has 0 saturated heterocycles.